The molecule has 3 aromatic rings. The number of carbonyl (C=O) groups is 1. The molecule has 8 heteroatoms. The molecule has 7 nitrogen and oxygen atoms in total. The lowest BCUT2D eigenvalue weighted by Gasteiger charge is -2.15. The fourth-order valence-electron chi connectivity index (χ4n) is 3.11. The molecule has 0 fully saturated rings. The number of halogens is 1. The van der Waals surface area contributed by atoms with Crippen LogP contribution >= 0.6 is 22.6 Å². The van der Waals surface area contributed by atoms with Crippen LogP contribution in [0.3, 0.4) is 0 Å². The van der Waals surface area contributed by atoms with E-state index in [1.165, 1.54) is 12.7 Å². The van der Waals surface area contributed by atoms with Crippen LogP contribution in [-0.4, -0.2) is 32.9 Å². The molecule has 34 heavy (non-hydrogen) atoms. The summed E-state index contributed by atoms with van der Waals surface area (Å²) in [7, 11) is 3.06. The van der Waals surface area contributed by atoms with Crippen molar-refractivity contribution in [2.24, 2.45) is 5.10 Å². The van der Waals surface area contributed by atoms with Gasteiger partial charge in [-0.1, -0.05) is 29.8 Å². The number of nitrogens with one attached hydrogen (secondary N) is 1. The topological polar surface area (TPSA) is 78.4 Å². The standard InChI is InChI=1S/C26H27IN2O5/c1-5-33-24-13-19(12-21(27)25(24)34-16-18-8-6-17(2)7-9-18)15-28-29-26(30)20-10-11-22(31-3)23(14-20)32-4/h6-15H,5,16H2,1-4H3,(H,29,30)/b28-15+. The number of hydrogen-bond donors (Lipinski definition) is 1. The van der Waals surface area contributed by atoms with Crippen molar-refractivity contribution in [3.63, 3.8) is 0 Å². The third-order valence-corrected chi connectivity index (χ3v) is 5.66. The van der Waals surface area contributed by atoms with E-state index in [1.807, 2.05) is 31.2 Å². The minimum absolute atomic E-state index is 0.366. The van der Waals surface area contributed by atoms with Gasteiger partial charge in [0.15, 0.2) is 23.0 Å². The van der Waals surface area contributed by atoms with E-state index < -0.39 is 0 Å². The largest absolute Gasteiger partial charge is 0.493 e. The van der Waals surface area contributed by atoms with Crippen molar-refractivity contribution in [1.82, 2.24) is 5.43 Å². The van der Waals surface area contributed by atoms with Gasteiger partial charge in [0.05, 0.1) is 30.6 Å². The molecule has 0 spiro atoms. The number of hydrogen-bond acceptors (Lipinski definition) is 6. The molecule has 3 rings (SSSR count). The molecule has 0 atom stereocenters. The zero-order chi connectivity index (χ0) is 24.5. The van der Waals surface area contributed by atoms with Crippen LogP contribution < -0.4 is 24.4 Å². The molecular formula is C26H27IN2O5. The van der Waals surface area contributed by atoms with Gasteiger partial charge >= 0.3 is 0 Å². The molecule has 3 aromatic carbocycles. The van der Waals surface area contributed by atoms with Crippen LogP contribution in [0.15, 0.2) is 59.7 Å². The van der Waals surface area contributed by atoms with Gasteiger partial charge in [-0.25, -0.2) is 5.43 Å². The van der Waals surface area contributed by atoms with Crippen molar-refractivity contribution in [3.05, 3.63) is 80.4 Å². The van der Waals surface area contributed by atoms with E-state index in [0.717, 1.165) is 14.7 Å². The van der Waals surface area contributed by atoms with Crippen molar-refractivity contribution < 1.29 is 23.7 Å². The van der Waals surface area contributed by atoms with Crippen molar-refractivity contribution in [1.29, 1.82) is 0 Å². The Morgan fingerprint density at radius 2 is 1.71 bits per heavy atom. The molecule has 0 aliphatic carbocycles. The number of carbonyl (C=O) groups excluding carboxylic acids is 1. The average Bonchev–Trinajstić information content (AvgIpc) is 2.84. The number of methoxy groups -OCH3 is 2. The van der Waals surface area contributed by atoms with Gasteiger partial charge in [-0.3, -0.25) is 4.79 Å². The first-order valence-corrected chi connectivity index (χ1v) is 11.7. The summed E-state index contributed by atoms with van der Waals surface area (Å²) in [5, 5.41) is 4.09. The molecule has 1 N–H and O–H groups in total. The minimum atomic E-state index is -0.366. The number of ether oxygens (including phenoxy) is 4. The normalized spacial score (nSPS) is 10.7. The van der Waals surface area contributed by atoms with Crippen molar-refractivity contribution >= 4 is 34.7 Å². The number of hydrazone groups is 1. The third-order valence-electron chi connectivity index (χ3n) is 4.86. The SMILES string of the molecule is CCOc1cc(/C=N/NC(=O)c2ccc(OC)c(OC)c2)cc(I)c1OCc1ccc(C)cc1. The Morgan fingerprint density at radius 1 is 0.971 bits per heavy atom. The molecule has 0 aliphatic rings. The summed E-state index contributed by atoms with van der Waals surface area (Å²) >= 11 is 2.21. The Bertz CT molecular complexity index is 1160. The van der Waals surface area contributed by atoms with E-state index >= 15 is 0 Å². The van der Waals surface area contributed by atoms with Crippen LogP contribution in [0.25, 0.3) is 0 Å². The zero-order valence-corrected chi connectivity index (χ0v) is 21.7. The maximum atomic E-state index is 12.5. The maximum Gasteiger partial charge on any atom is 0.271 e. The lowest BCUT2D eigenvalue weighted by molar-refractivity contribution is 0.0954. The Kier molecular flexibility index (Phi) is 9.15. The Morgan fingerprint density at radius 3 is 2.38 bits per heavy atom. The predicted molar refractivity (Wildman–Crippen MR) is 140 cm³/mol. The second-order valence-electron chi connectivity index (χ2n) is 7.31. The minimum Gasteiger partial charge on any atom is -0.493 e. The second-order valence-corrected chi connectivity index (χ2v) is 8.47. The molecule has 0 aromatic heterocycles. The summed E-state index contributed by atoms with van der Waals surface area (Å²) in [6, 6.07) is 16.9. The maximum absolute atomic E-state index is 12.5. The Hall–Kier alpha value is -3.27. The molecule has 0 saturated carbocycles. The number of benzene rings is 3. The predicted octanol–water partition coefficient (Wildman–Crippen LogP) is 5.36. The van der Waals surface area contributed by atoms with Gasteiger partial charge in [-0.15, -0.1) is 0 Å². The first-order chi connectivity index (χ1) is 16.4. The van der Waals surface area contributed by atoms with E-state index in [2.05, 4.69) is 52.2 Å². The van der Waals surface area contributed by atoms with Crippen LogP contribution in [-0.2, 0) is 6.61 Å². The lowest BCUT2D eigenvalue weighted by Crippen LogP contribution is -2.17. The number of aryl methyl sites for hydroxylation is 1. The second kappa shape index (κ2) is 12.3. The van der Waals surface area contributed by atoms with E-state index in [9.17, 15) is 4.79 Å². The highest BCUT2D eigenvalue weighted by Gasteiger charge is 2.13. The third kappa shape index (κ3) is 6.63. The molecule has 178 valence electrons. The van der Waals surface area contributed by atoms with Gasteiger partial charge < -0.3 is 18.9 Å². The van der Waals surface area contributed by atoms with E-state index in [-0.39, 0.29) is 5.91 Å². The van der Waals surface area contributed by atoms with Gasteiger partial charge in [-0.05, 0) is 77.9 Å². The molecular weight excluding hydrogens is 547 g/mol. The van der Waals surface area contributed by atoms with Crippen molar-refractivity contribution in [3.8, 4) is 23.0 Å². The van der Waals surface area contributed by atoms with Crippen molar-refractivity contribution in [2.75, 3.05) is 20.8 Å². The highest BCUT2D eigenvalue weighted by atomic mass is 127. The summed E-state index contributed by atoms with van der Waals surface area (Å²) in [6.07, 6.45) is 1.56. The Labute approximate surface area is 213 Å². The quantitative estimate of drug-likeness (QED) is 0.201. The molecule has 0 aliphatic heterocycles. The average molecular weight is 574 g/mol. The number of rotatable bonds is 10. The summed E-state index contributed by atoms with van der Waals surface area (Å²) in [5.74, 6) is 1.94. The lowest BCUT2D eigenvalue weighted by atomic mass is 10.1. The fraction of sp³-hybridized carbons (Fsp3) is 0.231. The number of amides is 1. The van der Waals surface area contributed by atoms with Crippen LogP contribution in [0.5, 0.6) is 23.0 Å². The van der Waals surface area contributed by atoms with Gasteiger partial charge in [0.1, 0.15) is 6.61 Å². The van der Waals surface area contributed by atoms with E-state index in [1.54, 1.807) is 31.5 Å². The summed E-state index contributed by atoms with van der Waals surface area (Å²) in [4.78, 5) is 12.5. The van der Waals surface area contributed by atoms with Gasteiger partial charge in [-0.2, -0.15) is 5.10 Å². The van der Waals surface area contributed by atoms with Crippen molar-refractivity contribution in [2.45, 2.75) is 20.5 Å². The Balaban J connectivity index is 1.71. The molecule has 0 unspecified atom stereocenters. The zero-order valence-electron chi connectivity index (χ0n) is 19.6. The monoisotopic (exact) mass is 574 g/mol. The highest BCUT2D eigenvalue weighted by Crippen LogP contribution is 2.34. The molecule has 0 bridgehead atoms. The molecule has 0 saturated heterocycles. The first-order valence-electron chi connectivity index (χ1n) is 10.6. The molecule has 0 heterocycles. The van der Waals surface area contributed by atoms with Gasteiger partial charge in [0, 0.05) is 5.56 Å². The number of nitrogens with zero attached hydrogens (tertiary/aromatic N) is 1. The smallest absolute Gasteiger partial charge is 0.271 e. The van der Waals surface area contributed by atoms with Crippen LogP contribution in [0, 0.1) is 10.5 Å². The van der Waals surface area contributed by atoms with Crippen LogP contribution in [0.2, 0.25) is 0 Å². The summed E-state index contributed by atoms with van der Waals surface area (Å²) in [5.41, 5.74) is 5.98. The van der Waals surface area contributed by atoms with Crippen LogP contribution in [0.1, 0.15) is 34.0 Å². The molecule has 1 amide bonds. The fourth-order valence-corrected chi connectivity index (χ4v) is 3.89. The summed E-state index contributed by atoms with van der Waals surface area (Å²) < 4.78 is 23.2. The van der Waals surface area contributed by atoms with Gasteiger partial charge in [0.25, 0.3) is 5.91 Å². The highest BCUT2D eigenvalue weighted by molar-refractivity contribution is 14.1. The van der Waals surface area contributed by atoms with E-state index in [0.29, 0.717) is 41.8 Å². The summed E-state index contributed by atoms with van der Waals surface area (Å²) in [6.45, 7) is 4.90. The van der Waals surface area contributed by atoms with E-state index in [4.69, 9.17) is 18.9 Å². The first kappa shape index (κ1) is 25.4. The van der Waals surface area contributed by atoms with Crippen LogP contribution in [0.4, 0.5) is 0 Å². The molecule has 0 radical (unpaired) electrons. The van der Waals surface area contributed by atoms with Gasteiger partial charge in [0.2, 0.25) is 0 Å².